The molecule has 0 radical (unpaired) electrons. The topological polar surface area (TPSA) is 35.5 Å². The summed E-state index contributed by atoms with van der Waals surface area (Å²) in [7, 11) is 1.41. The van der Waals surface area contributed by atoms with Gasteiger partial charge in [0.2, 0.25) is 0 Å². The second-order valence-electron chi connectivity index (χ2n) is 4.65. The van der Waals surface area contributed by atoms with Crippen molar-refractivity contribution in [1.29, 1.82) is 0 Å². The minimum atomic E-state index is -0.457. The quantitative estimate of drug-likeness (QED) is 0.389. The van der Waals surface area contributed by atoms with Crippen LogP contribution < -0.4 is 0 Å². The van der Waals surface area contributed by atoms with Crippen LogP contribution in [0.15, 0.2) is 11.6 Å². The van der Waals surface area contributed by atoms with Gasteiger partial charge in [-0.2, -0.15) is 0 Å². The zero-order valence-corrected chi connectivity index (χ0v) is 11.2. The molecular weight excluding hydrogens is 216 g/mol. The average Bonchev–Trinajstić information content (AvgIpc) is 2.69. The van der Waals surface area contributed by atoms with Crippen LogP contribution in [-0.4, -0.2) is 25.3 Å². The predicted octanol–water partition coefficient (Wildman–Crippen LogP) is 3.23. The summed E-state index contributed by atoms with van der Waals surface area (Å²) in [5, 5.41) is 0. The molecule has 0 bridgehead atoms. The first-order valence-corrected chi connectivity index (χ1v) is 6.63. The highest BCUT2D eigenvalue weighted by atomic mass is 16.6. The van der Waals surface area contributed by atoms with Crippen molar-refractivity contribution in [2.75, 3.05) is 7.11 Å². The molecule has 0 aromatic heterocycles. The highest BCUT2D eigenvalue weighted by Gasteiger charge is 2.31. The van der Waals surface area contributed by atoms with Gasteiger partial charge in [0.1, 0.15) is 0 Å². The van der Waals surface area contributed by atoms with Crippen molar-refractivity contribution >= 4 is 5.97 Å². The van der Waals surface area contributed by atoms with Crippen molar-refractivity contribution in [2.45, 2.75) is 64.6 Å². The molecule has 1 aliphatic heterocycles. The van der Waals surface area contributed by atoms with E-state index >= 15 is 0 Å². The number of hydrogen-bond donors (Lipinski definition) is 0. The molecule has 0 aliphatic carbocycles. The van der Waals surface area contributed by atoms with Crippen LogP contribution in [0.25, 0.3) is 0 Å². The van der Waals surface area contributed by atoms with Crippen molar-refractivity contribution in [3.8, 4) is 0 Å². The van der Waals surface area contributed by atoms with E-state index < -0.39 is 6.10 Å². The monoisotopic (exact) mass is 240 g/mol. The van der Waals surface area contributed by atoms with Gasteiger partial charge in [0.05, 0.1) is 13.2 Å². The van der Waals surface area contributed by atoms with Gasteiger partial charge in [0, 0.05) is 0 Å². The summed E-state index contributed by atoms with van der Waals surface area (Å²) in [4.78, 5) is 11.5. The Labute approximate surface area is 104 Å². The van der Waals surface area contributed by atoms with Gasteiger partial charge in [-0.25, -0.2) is 4.79 Å². The molecule has 17 heavy (non-hydrogen) atoms. The van der Waals surface area contributed by atoms with Gasteiger partial charge < -0.3 is 9.47 Å². The van der Waals surface area contributed by atoms with Crippen LogP contribution in [0.4, 0.5) is 0 Å². The van der Waals surface area contributed by atoms with E-state index in [4.69, 9.17) is 9.47 Å². The summed E-state index contributed by atoms with van der Waals surface area (Å²) < 4.78 is 10.3. The summed E-state index contributed by atoms with van der Waals surface area (Å²) in [6.45, 7) is 4.17. The second-order valence-corrected chi connectivity index (χ2v) is 4.65. The molecule has 1 heterocycles. The zero-order chi connectivity index (χ0) is 12.7. The fraction of sp³-hybridized carbons (Fsp3) is 0.786. The third-order valence-corrected chi connectivity index (χ3v) is 3.12. The third kappa shape index (κ3) is 4.50. The summed E-state index contributed by atoms with van der Waals surface area (Å²) in [6, 6.07) is 0. The maximum absolute atomic E-state index is 11.5. The Bertz CT molecular complexity index is 271. The smallest absolute Gasteiger partial charge is 0.339 e. The molecule has 1 aliphatic rings. The van der Waals surface area contributed by atoms with Gasteiger partial charge in [-0.05, 0) is 25.3 Å². The fourth-order valence-electron chi connectivity index (χ4n) is 2.19. The Kier molecular flexibility index (Phi) is 6.27. The predicted molar refractivity (Wildman–Crippen MR) is 67.8 cm³/mol. The molecule has 0 amide bonds. The number of esters is 1. The van der Waals surface area contributed by atoms with Gasteiger partial charge >= 0.3 is 5.97 Å². The highest BCUT2D eigenvalue weighted by Crippen LogP contribution is 2.25. The first-order valence-electron chi connectivity index (χ1n) is 6.63. The van der Waals surface area contributed by atoms with Crippen molar-refractivity contribution in [1.82, 2.24) is 0 Å². The summed E-state index contributed by atoms with van der Waals surface area (Å²) in [5.41, 5.74) is 1.10. The Hall–Kier alpha value is -0.830. The van der Waals surface area contributed by atoms with E-state index in [-0.39, 0.29) is 12.1 Å². The van der Waals surface area contributed by atoms with Gasteiger partial charge in [0.15, 0.2) is 6.10 Å². The fourth-order valence-corrected chi connectivity index (χ4v) is 2.19. The van der Waals surface area contributed by atoms with Crippen LogP contribution in [0.1, 0.15) is 52.4 Å². The van der Waals surface area contributed by atoms with Crippen molar-refractivity contribution in [3.05, 3.63) is 11.6 Å². The van der Waals surface area contributed by atoms with E-state index in [0.29, 0.717) is 0 Å². The first kappa shape index (κ1) is 14.2. The number of ether oxygens (including phenoxy) is 2. The van der Waals surface area contributed by atoms with Gasteiger partial charge in [-0.15, -0.1) is 0 Å². The molecule has 3 heteroatoms. The minimum Gasteiger partial charge on any atom is -0.467 e. The van der Waals surface area contributed by atoms with Crippen LogP contribution in [0.2, 0.25) is 0 Å². The van der Waals surface area contributed by atoms with Crippen molar-refractivity contribution in [2.24, 2.45) is 0 Å². The molecule has 0 saturated heterocycles. The van der Waals surface area contributed by atoms with Gasteiger partial charge in [0.25, 0.3) is 0 Å². The highest BCUT2D eigenvalue weighted by molar-refractivity contribution is 5.78. The number of methoxy groups -OCH3 is 1. The van der Waals surface area contributed by atoms with Crippen molar-refractivity contribution < 1.29 is 14.3 Å². The number of hydrogen-bond acceptors (Lipinski definition) is 3. The number of unbranched alkanes of at least 4 members (excludes halogenated alkanes) is 4. The molecular formula is C14H24O3. The standard InChI is InChI=1S/C14H24O3/c1-4-5-6-7-8-9-12-10-11(2)17-13(12)14(15)16-3/h10-11,13H,4-9H2,1-3H3/t11-,13+/m1/s1. The molecule has 0 aromatic rings. The first-order chi connectivity index (χ1) is 8.19. The van der Waals surface area contributed by atoms with E-state index in [9.17, 15) is 4.79 Å². The van der Waals surface area contributed by atoms with Gasteiger partial charge in [-0.1, -0.05) is 38.7 Å². The van der Waals surface area contributed by atoms with Crippen molar-refractivity contribution in [3.63, 3.8) is 0 Å². The van der Waals surface area contributed by atoms with Crippen LogP contribution in [0.3, 0.4) is 0 Å². The lowest BCUT2D eigenvalue weighted by Gasteiger charge is -2.13. The summed E-state index contributed by atoms with van der Waals surface area (Å²) in [5.74, 6) is -0.269. The Morgan fingerprint density at radius 2 is 2.06 bits per heavy atom. The molecule has 0 unspecified atom stereocenters. The van der Waals surface area contributed by atoms with E-state index in [2.05, 4.69) is 13.0 Å². The summed E-state index contributed by atoms with van der Waals surface area (Å²) >= 11 is 0. The second kappa shape index (κ2) is 7.49. The van der Waals surface area contributed by atoms with Crippen LogP contribution >= 0.6 is 0 Å². The molecule has 0 saturated carbocycles. The molecule has 0 aromatic carbocycles. The lowest BCUT2D eigenvalue weighted by atomic mass is 10.0. The lowest BCUT2D eigenvalue weighted by Crippen LogP contribution is -2.25. The molecule has 0 fully saturated rings. The van der Waals surface area contributed by atoms with E-state index in [0.717, 1.165) is 18.4 Å². The molecule has 1 rings (SSSR count). The molecule has 98 valence electrons. The Balaban J connectivity index is 2.34. The number of carbonyl (C=O) groups excluding carboxylic acids is 1. The maximum atomic E-state index is 11.5. The Morgan fingerprint density at radius 1 is 1.35 bits per heavy atom. The third-order valence-electron chi connectivity index (χ3n) is 3.12. The summed E-state index contributed by atoms with van der Waals surface area (Å²) in [6.07, 6.45) is 8.78. The maximum Gasteiger partial charge on any atom is 0.339 e. The SMILES string of the molecule is CCCCCCCC1=C[C@@H](C)O[C@@H]1C(=O)OC. The average molecular weight is 240 g/mol. The van der Waals surface area contributed by atoms with E-state index in [1.165, 1.54) is 32.8 Å². The van der Waals surface area contributed by atoms with Crippen LogP contribution in [0.5, 0.6) is 0 Å². The largest absolute Gasteiger partial charge is 0.467 e. The van der Waals surface area contributed by atoms with E-state index in [1.54, 1.807) is 0 Å². The molecule has 2 atom stereocenters. The van der Waals surface area contributed by atoms with Crippen LogP contribution in [0, 0.1) is 0 Å². The molecule has 3 nitrogen and oxygen atoms in total. The minimum absolute atomic E-state index is 0.0322. The molecule has 0 spiro atoms. The normalized spacial score (nSPS) is 23.6. The Morgan fingerprint density at radius 3 is 2.71 bits per heavy atom. The molecule has 0 N–H and O–H groups in total. The van der Waals surface area contributed by atoms with Gasteiger partial charge in [-0.3, -0.25) is 0 Å². The zero-order valence-electron chi connectivity index (χ0n) is 11.2. The lowest BCUT2D eigenvalue weighted by molar-refractivity contribution is -0.151. The van der Waals surface area contributed by atoms with Crippen LogP contribution in [-0.2, 0) is 14.3 Å². The van der Waals surface area contributed by atoms with E-state index in [1.807, 2.05) is 6.92 Å². The number of carbonyl (C=O) groups is 1. The number of rotatable bonds is 7.